The van der Waals surface area contributed by atoms with Crippen LogP contribution in [0.2, 0.25) is 5.02 Å². The molecule has 0 aromatic heterocycles. The number of benzene rings is 2. The highest BCUT2D eigenvalue weighted by molar-refractivity contribution is 6.31. The van der Waals surface area contributed by atoms with Gasteiger partial charge in [-0.25, -0.2) is 0 Å². The van der Waals surface area contributed by atoms with Gasteiger partial charge < -0.3 is 10.6 Å². The second-order valence-electron chi connectivity index (χ2n) is 8.91. The molecular formula is C26H25ClN4O5. The number of piperidine rings is 1. The number of carbonyl (C=O) groups is 5. The Morgan fingerprint density at radius 1 is 1.14 bits per heavy atom. The van der Waals surface area contributed by atoms with Crippen molar-refractivity contribution >= 4 is 52.5 Å². The molecule has 2 heterocycles. The van der Waals surface area contributed by atoms with E-state index in [-0.39, 0.29) is 36.8 Å². The van der Waals surface area contributed by atoms with Gasteiger partial charge in [0.15, 0.2) is 0 Å². The molecule has 2 atom stereocenters. The fourth-order valence-electron chi connectivity index (χ4n) is 4.15. The average Bonchev–Trinajstić information content (AvgIpc) is 3.09. The van der Waals surface area contributed by atoms with Gasteiger partial charge in [0.2, 0.25) is 17.7 Å². The smallest absolute Gasteiger partial charge is 0.278 e. The summed E-state index contributed by atoms with van der Waals surface area (Å²) in [6.45, 7) is 3.80. The Hall–Kier alpha value is -3.98. The maximum atomic E-state index is 12.9. The number of imide groups is 2. The van der Waals surface area contributed by atoms with Gasteiger partial charge in [0.25, 0.3) is 11.8 Å². The highest BCUT2D eigenvalue weighted by Gasteiger charge is 2.42. The fraction of sp³-hybridized carbons (Fsp3) is 0.269. The summed E-state index contributed by atoms with van der Waals surface area (Å²) < 4.78 is 0. The van der Waals surface area contributed by atoms with Gasteiger partial charge in [-0.1, -0.05) is 36.7 Å². The first-order chi connectivity index (χ1) is 17.1. The van der Waals surface area contributed by atoms with Gasteiger partial charge in [-0.15, -0.1) is 0 Å². The molecule has 9 nitrogen and oxygen atoms in total. The third-order valence-corrected chi connectivity index (χ3v) is 6.57. The number of carbonyl (C=O) groups excluding carboxylic acids is 5. The van der Waals surface area contributed by atoms with Crippen LogP contribution in [0, 0.1) is 6.92 Å². The van der Waals surface area contributed by atoms with E-state index in [2.05, 4.69) is 16.0 Å². The highest BCUT2D eigenvalue weighted by atomic mass is 35.5. The zero-order valence-corrected chi connectivity index (χ0v) is 20.5. The second-order valence-corrected chi connectivity index (χ2v) is 9.31. The Bertz CT molecular complexity index is 1300. The van der Waals surface area contributed by atoms with Crippen LogP contribution >= 0.6 is 11.6 Å². The molecule has 186 valence electrons. The Balaban J connectivity index is 1.39. The standard InChI is InChI=1S/C26H25ClN4O5/c1-14-6-7-18(12-19(14)27)29-23(33)10-15(2)16-4-3-5-17(11-16)28-20-13-24(34)31(26(20)36)21-8-9-22(32)30-25(21)35/h3-7,11-13,15,21,28H,8-10H2,1-2H3,(H,29,33)(H,30,32,35). The van der Waals surface area contributed by atoms with E-state index >= 15 is 0 Å². The van der Waals surface area contributed by atoms with Gasteiger partial charge in [0.1, 0.15) is 11.7 Å². The van der Waals surface area contributed by atoms with E-state index in [4.69, 9.17) is 11.6 Å². The van der Waals surface area contributed by atoms with Crippen molar-refractivity contribution in [1.29, 1.82) is 0 Å². The monoisotopic (exact) mass is 508 g/mol. The number of amides is 5. The molecule has 36 heavy (non-hydrogen) atoms. The molecule has 2 unspecified atom stereocenters. The van der Waals surface area contributed by atoms with Crippen molar-refractivity contribution in [2.24, 2.45) is 0 Å². The largest absolute Gasteiger partial charge is 0.351 e. The van der Waals surface area contributed by atoms with Gasteiger partial charge in [0, 0.05) is 35.3 Å². The first-order valence-corrected chi connectivity index (χ1v) is 11.9. The Morgan fingerprint density at radius 2 is 1.92 bits per heavy atom. The summed E-state index contributed by atoms with van der Waals surface area (Å²) in [5, 5.41) is 8.53. The predicted molar refractivity (Wildman–Crippen MR) is 134 cm³/mol. The minimum atomic E-state index is -1.02. The van der Waals surface area contributed by atoms with Gasteiger partial charge in [-0.2, -0.15) is 0 Å². The minimum absolute atomic E-state index is 0.0310. The zero-order chi connectivity index (χ0) is 26.0. The first kappa shape index (κ1) is 25.1. The van der Waals surface area contributed by atoms with Crippen molar-refractivity contribution in [2.75, 3.05) is 10.6 Å². The number of hydrogen-bond donors (Lipinski definition) is 3. The highest BCUT2D eigenvalue weighted by Crippen LogP contribution is 2.27. The summed E-state index contributed by atoms with van der Waals surface area (Å²) >= 11 is 6.13. The van der Waals surface area contributed by atoms with Crippen LogP contribution < -0.4 is 16.0 Å². The van der Waals surface area contributed by atoms with Crippen LogP contribution in [0.5, 0.6) is 0 Å². The van der Waals surface area contributed by atoms with E-state index in [0.717, 1.165) is 22.1 Å². The third-order valence-electron chi connectivity index (χ3n) is 6.16. The summed E-state index contributed by atoms with van der Waals surface area (Å²) in [5.74, 6) is -2.64. The molecule has 0 bridgehead atoms. The van der Waals surface area contributed by atoms with Crippen molar-refractivity contribution < 1.29 is 24.0 Å². The molecule has 0 spiro atoms. The van der Waals surface area contributed by atoms with E-state index in [1.807, 2.05) is 26.0 Å². The molecule has 2 aromatic carbocycles. The SMILES string of the molecule is Cc1ccc(NC(=O)CC(C)c2cccc(NC3=CC(=O)N(C4CCC(=O)NC4=O)C3=O)c2)cc1Cl. The minimum Gasteiger partial charge on any atom is -0.351 e. The number of nitrogens with one attached hydrogen (secondary N) is 3. The third kappa shape index (κ3) is 5.46. The van der Waals surface area contributed by atoms with Crippen LogP contribution in [0.15, 0.2) is 54.2 Å². The van der Waals surface area contributed by atoms with Gasteiger partial charge >= 0.3 is 0 Å². The van der Waals surface area contributed by atoms with Crippen molar-refractivity contribution in [3.63, 3.8) is 0 Å². The lowest BCUT2D eigenvalue weighted by atomic mass is 9.97. The lowest BCUT2D eigenvalue weighted by Crippen LogP contribution is -2.54. The Kier molecular flexibility index (Phi) is 7.21. The first-order valence-electron chi connectivity index (χ1n) is 11.5. The van der Waals surface area contributed by atoms with Crippen LogP contribution in [-0.2, 0) is 24.0 Å². The lowest BCUT2D eigenvalue weighted by Gasteiger charge is -2.28. The molecule has 0 saturated carbocycles. The van der Waals surface area contributed by atoms with Gasteiger partial charge in [0.05, 0.1) is 0 Å². The molecule has 2 aliphatic rings. The summed E-state index contributed by atoms with van der Waals surface area (Å²) in [6.07, 6.45) is 1.51. The van der Waals surface area contributed by atoms with Crippen molar-refractivity contribution in [1.82, 2.24) is 10.2 Å². The number of rotatable bonds is 7. The van der Waals surface area contributed by atoms with Crippen molar-refractivity contribution in [3.8, 4) is 0 Å². The van der Waals surface area contributed by atoms with Crippen molar-refractivity contribution in [3.05, 3.63) is 70.4 Å². The number of anilines is 2. The molecule has 0 radical (unpaired) electrons. The van der Waals surface area contributed by atoms with Crippen LogP contribution in [0.1, 0.15) is 43.2 Å². The van der Waals surface area contributed by atoms with Gasteiger partial charge in [-0.3, -0.25) is 34.2 Å². The summed E-state index contributed by atoms with van der Waals surface area (Å²) in [6, 6.07) is 11.5. The molecule has 1 saturated heterocycles. The van der Waals surface area contributed by atoms with Crippen molar-refractivity contribution in [2.45, 2.75) is 45.1 Å². The number of halogens is 1. The average molecular weight is 509 g/mol. The van der Waals surface area contributed by atoms with E-state index in [1.165, 1.54) is 0 Å². The molecule has 2 aliphatic heterocycles. The molecule has 0 aliphatic carbocycles. The number of hydrogen-bond acceptors (Lipinski definition) is 6. The van der Waals surface area contributed by atoms with Crippen LogP contribution in [-0.4, -0.2) is 40.5 Å². The Morgan fingerprint density at radius 3 is 2.64 bits per heavy atom. The van der Waals surface area contributed by atoms with Gasteiger partial charge in [-0.05, 0) is 54.7 Å². The number of aryl methyl sites for hydroxylation is 1. The molecular weight excluding hydrogens is 484 g/mol. The molecule has 2 aromatic rings. The van der Waals surface area contributed by atoms with Crippen LogP contribution in [0.25, 0.3) is 0 Å². The zero-order valence-electron chi connectivity index (χ0n) is 19.8. The quantitative estimate of drug-likeness (QED) is 0.493. The van der Waals surface area contributed by atoms with E-state index in [0.29, 0.717) is 16.4 Å². The topological polar surface area (TPSA) is 125 Å². The van der Waals surface area contributed by atoms with E-state index in [1.54, 1.807) is 30.3 Å². The summed E-state index contributed by atoms with van der Waals surface area (Å²) in [4.78, 5) is 62.3. The predicted octanol–water partition coefficient (Wildman–Crippen LogP) is 3.25. The van der Waals surface area contributed by atoms with E-state index in [9.17, 15) is 24.0 Å². The van der Waals surface area contributed by atoms with Crippen LogP contribution in [0.4, 0.5) is 11.4 Å². The normalized spacial score (nSPS) is 18.6. The van der Waals surface area contributed by atoms with Crippen LogP contribution in [0.3, 0.4) is 0 Å². The summed E-state index contributed by atoms with van der Waals surface area (Å²) in [5.41, 5.74) is 2.99. The van der Waals surface area contributed by atoms with E-state index < -0.39 is 29.7 Å². The second kappa shape index (κ2) is 10.3. The molecule has 1 fully saturated rings. The molecule has 5 amide bonds. The maximum absolute atomic E-state index is 12.9. The maximum Gasteiger partial charge on any atom is 0.278 e. The summed E-state index contributed by atoms with van der Waals surface area (Å²) in [7, 11) is 0. The lowest BCUT2D eigenvalue weighted by molar-refractivity contribution is -0.149. The Labute approximate surface area is 212 Å². The molecule has 4 rings (SSSR count). The molecule has 3 N–H and O–H groups in total. The number of nitrogens with zero attached hydrogens (tertiary/aromatic N) is 1. The fourth-order valence-corrected chi connectivity index (χ4v) is 4.34. The molecule has 10 heteroatoms.